The molecule has 5 aliphatic carbocycles. The standard InChI is InChI=1S/C60H100O27S/c1-11-28(22(2)3)29-19-33(29)60(10,73)37-13-12-31-30-20-35(34-18-27(87-88(74,75)76)14-16-58(34,8)32(30)15-17-59(31,37)9)81-55-48(72)50(41(65)36(21-61)82-55)84-57-52(86-54-46(70)43(67)39(63)24(5)78-54)47(71)49(26(7)80-57)83-56-51(44(68)40(64)25(6)79-56)85-53-45(69)42(66)38(62)23(4)77-53/h15,22-31,33-57,61-73H,11-14,16-21H2,1-10H3,(H,74,75,76)/t23-,24-,25-,26-,27+,28+,29+,30+,31+,33-,34-,35+,36-,37+,38+,39-,40-,41-,42+,43+,44+,45-,46-,47+,48-,49-,50+,51-,52-,53+,54+,55-,56+,57+,58-,59+,60+/m1/s1. The Morgan fingerprint density at radius 1 is 0.602 bits per heavy atom. The second-order valence-electron chi connectivity index (χ2n) is 28.5. The summed E-state index contributed by atoms with van der Waals surface area (Å²) in [5.41, 5.74) is -0.688. The molecule has 10 aliphatic rings. The quantitative estimate of drug-likeness (QED) is 0.0580. The molecule has 88 heavy (non-hydrogen) atoms. The number of hydrogen-bond donors (Lipinski definition) is 14. The summed E-state index contributed by atoms with van der Waals surface area (Å²) in [6.45, 7) is 17.9. The minimum atomic E-state index is -4.89. The first-order chi connectivity index (χ1) is 41.2. The van der Waals surface area contributed by atoms with Crippen molar-refractivity contribution in [1.29, 1.82) is 0 Å². The van der Waals surface area contributed by atoms with Crippen LogP contribution in [0.25, 0.3) is 0 Å². The van der Waals surface area contributed by atoms with E-state index >= 15 is 0 Å². The van der Waals surface area contributed by atoms with Crippen molar-refractivity contribution in [3.8, 4) is 0 Å². The molecule has 5 heterocycles. The minimum Gasteiger partial charge on any atom is -0.394 e. The molecule has 0 bridgehead atoms. The summed E-state index contributed by atoms with van der Waals surface area (Å²) in [5.74, 6) is 1.04. The highest BCUT2D eigenvalue weighted by molar-refractivity contribution is 7.80. The molecule has 27 nitrogen and oxygen atoms in total. The summed E-state index contributed by atoms with van der Waals surface area (Å²) in [6, 6.07) is 0. The largest absolute Gasteiger partial charge is 0.397 e. The van der Waals surface area contributed by atoms with Crippen LogP contribution in [0.5, 0.6) is 0 Å². The Morgan fingerprint density at radius 3 is 1.68 bits per heavy atom. The van der Waals surface area contributed by atoms with E-state index in [1.165, 1.54) is 33.3 Å². The number of rotatable bonds is 18. The molecule has 0 unspecified atom stereocenters. The van der Waals surface area contributed by atoms with Crippen LogP contribution < -0.4 is 0 Å². The maximum absolute atomic E-state index is 12.7. The van der Waals surface area contributed by atoms with E-state index in [0.717, 1.165) is 32.1 Å². The third kappa shape index (κ3) is 12.9. The number of fused-ring (bicyclic) bond motifs is 5. The van der Waals surface area contributed by atoms with Gasteiger partial charge in [-0.3, -0.25) is 4.55 Å². The molecule has 0 aromatic rings. The van der Waals surface area contributed by atoms with E-state index in [9.17, 15) is 79.4 Å². The Bertz CT molecular complexity index is 2510. The van der Waals surface area contributed by atoms with Crippen LogP contribution in [0, 0.1) is 58.2 Å². The van der Waals surface area contributed by atoms with Gasteiger partial charge in [0, 0.05) is 0 Å². The van der Waals surface area contributed by atoms with Gasteiger partial charge in [0.1, 0.15) is 97.7 Å². The molecule has 5 aliphatic heterocycles. The SMILES string of the molecule is CC[C@@H](C(C)C)[C@@H]1C[C@H]1[C@](C)(O)[C@H]1CC[C@H]2[C@@H]3C[C@H](O[C@@H]4O[C@H](CO)[C@@H](O)[C@H](O[C@@H]5O[C@H](C)[C@@H](O[C@@H]6O[C@H](C)[C@@H](O)[C@H](O)[C@H]6O[C@@H]6O[C@H](C)[C@H](O)[C@H](O)[C@H]6O)[C@H](O)[C@H]5O[C@@H]5O[C@H](C)[C@@H](O)[C@H](O)[C@H]5O)[C@H]4O)[C@H]4C[C@@H](OS(=O)(=O)O)CC[C@]4(C)C3=CC[C@]12C. The van der Waals surface area contributed by atoms with Crippen molar-refractivity contribution in [2.45, 2.75) is 298 Å². The van der Waals surface area contributed by atoms with Crippen LogP contribution in [-0.4, -0.2) is 257 Å². The van der Waals surface area contributed by atoms with E-state index in [-0.39, 0.29) is 41.9 Å². The highest BCUT2D eigenvalue weighted by Gasteiger charge is 2.67. The van der Waals surface area contributed by atoms with Crippen molar-refractivity contribution in [2.24, 2.45) is 58.2 Å². The van der Waals surface area contributed by atoms with Gasteiger partial charge in [0.05, 0.1) is 48.8 Å². The van der Waals surface area contributed by atoms with Gasteiger partial charge in [-0.05, 0) is 144 Å². The van der Waals surface area contributed by atoms with Gasteiger partial charge in [0.25, 0.3) is 0 Å². The van der Waals surface area contributed by atoms with Crippen molar-refractivity contribution in [3.63, 3.8) is 0 Å². The number of allylic oxidation sites excluding steroid dienone is 2. The molecular formula is C60H100O27S. The van der Waals surface area contributed by atoms with Gasteiger partial charge in [-0.15, -0.1) is 0 Å². The molecule has 9 fully saturated rings. The first-order valence-corrected chi connectivity index (χ1v) is 33.3. The predicted octanol–water partition coefficient (Wildman–Crippen LogP) is -0.975. The smallest absolute Gasteiger partial charge is 0.394 e. The van der Waals surface area contributed by atoms with Gasteiger partial charge in [-0.25, -0.2) is 4.18 Å². The predicted molar refractivity (Wildman–Crippen MR) is 301 cm³/mol. The summed E-state index contributed by atoms with van der Waals surface area (Å²) in [7, 11) is -4.89. The minimum absolute atomic E-state index is 0.0183. The lowest BCUT2D eigenvalue weighted by molar-refractivity contribution is -0.406. The summed E-state index contributed by atoms with van der Waals surface area (Å²) < 4.78 is 102. The Labute approximate surface area is 514 Å². The van der Waals surface area contributed by atoms with Crippen LogP contribution in [0.15, 0.2) is 11.6 Å². The fourth-order valence-corrected chi connectivity index (χ4v) is 18.3. The average Bonchev–Trinajstić information content (AvgIpc) is 1.38. The Balaban J connectivity index is 0.930. The molecule has 0 spiro atoms. The van der Waals surface area contributed by atoms with Crippen LogP contribution >= 0.6 is 0 Å². The van der Waals surface area contributed by atoms with Crippen LogP contribution in [0.4, 0.5) is 0 Å². The van der Waals surface area contributed by atoms with E-state index in [4.69, 9.17) is 51.6 Å². The average molecular weight is 1290 g/mol. The highest BCUT2D eigenvalue weighted by Crippen LogP contribution is 2.70. The summed E-state index contributed by atoms with van der Waals surface area (Å²) in [5, 5.41) is 148. The molecule has 5 saturated heterocycles. The van der Waals surface area contributed by atoms with Crippen molar-refractivity contribution < 1.29 is 131 Å². The summed E-state index contributed by atoms with van der Waals surface area (Å²) in [4.78, 5) is 0. The van der Waals surface area contributed by atoms with Gasteiger partial charge >= 0.3 is 10.4 Å². The Kier molecular flexibility index (Phi) is 20.8. The molecule has 14 N–H and O–H groups in total. The lowest BCUT2D eigenvalue weighted by Crippen LogP contribution is -2.68. The number of aliphatic hydroxyl groups is 13. The Hall–Kier alpha value is -1.31. The van der Waals surface area contributed by atoms with Crippen molar-refractivity contribution >= 4 is 10.4 Å². The molecule has 28 heteroatoms. The molecular weight excluding hydrogens is 1180 g/mol. The molecule has 4 saturated carbocycles. The summed E-state index contributed by atoms with van der Waals surface area (Å²) >= 11 is 0. The van der Waals surface area contributed by atoms with Crippen molar-refractivity contribution in [2.75, 3.05) is 6.61 Å². The van der Waals surface area contributed by atoms with Gasteiger partial charge in [-0.2, -0.15) is 8.42 Å². The zero-order chi connectivity index (χ0) is 64.3. The fourth-order valence-electron chi connectivity index (χ4n) is 17.8. The lowest BCUT2D eigenvalue weighted by Gasteiger charge is -2.60. The van der Waals surface area contributed by atoms with Crippen LogP contribution in [-0.2, 0) is 62.0 Å². The zero-order valence-corrected chi connectivity index (χ0v) is 52.6. The molecule has 0 aromatic heterocycles. The van der Waals surface area contributed by atoms with Crippen LogP contribution in [0.3, 0.4) is 0 Å². The zero-order valence-electron chi connectivity index (χ0n) is 51.8. The summed E-state index contributed by atoms with van der Waals surface area (Å²) in [6.07, 6.45) is -36.0. The molecule has 10 rings (SSSR count). The number of hydrogen-bond acceptors (Lipinski definition) is 26. The van der Waals surface area contributed by atoms with Gasteiger partial charge in [0.2, 0.25) is 0 Å². The first-order valence-electron chi connectivity index (χ1n) is 31.9. The second-order valence-corrected chi connectivity index (χ2v) is 29.5. The molecule has 508 valence electrons. The topological polar surface area (TPSA) is 419 Å². The van der Waals surface area contributed by atoms with E-state index in [2.05, 4.69) is 40.7 Å². The van der Waals surface area contributed by atoms with E-state index in [1.807, 2.05) is 6.92 Å². The fraction of sp³-hybridized carbons (Fsp3) is 0.967. The maximum Gasteiger partial charge on any atom is 0.397 e. The molecule has 0 amide bonds. The second kappa shape index (κ2) is 26.4. The molecule has 37 atom stereocenters. The van der Waals surface area contributed by atoms with Gasteiger partial charge < -0.3 is 114 Å². The lowest BCUT2D eigenvalue weighted by atomic mass is 9.47. The van der Waals surface area contributed by atoms with Crippen LogP contribution in [0.2, 0.25) is 0 Å². The molecule has 0 aromatic carbocycles. The van der Waals surface area contributed by atoms with Gasteiger partial charge in [0.15, 0.2) is 31.5 Å². The maximum atomic E-state index is 12.7. The van der Waals surface area contributed by atoms with Crippen LogP contribution in [0.1, 0.15) is 127 Å². The van der Waals surface area contributed by atoms with E-state index in [0.29, 0.717) is 30.6 Å². The number of aliphatic hydroxyl groups excluding tert-OH is 12. The number of ether oxygens (including phenoxy) is 10. The van der Waals surface area contributed by atoms with E-state index < -0.39 is 200 Å². The highest BCUT2D eigenvalue weighted by atomic mass is 32.3. The Morgan fingerprint density at radius 2 is 1.12 bits per heavy atom. The monoisotopic (exact) mass is 1280 g/mol. The third-order valence-corrected chi connectivity index (χ3v) is 23.4. The van der Waals surface area contributed by atoms with E-state index in [1.54, 1.807) is 0 Å². The molecule has 0 radical (unpaired) electrons. The first kappa shape index (κ1) is 69.5. The third-order valence-electron chi connectivity index (χ3n) is 22.9. The van der Waals surface area contributed by atoms with Gasteiger partial charge in [-0.1, -0.05) is 52.7 Å². The normalized spacial score (nSPS) is 53.5. The van der Waals surface area contributed by atoms with Crippen molar-refractivity contribution in [3.05, 3.63) is 11.6 Å². The van der Waals surface area contributed by atoms with Crippen molar-refractivity contribution in [1.82, 2.24) is 0 Å².